The molecule has 0 saturated heterocycles. The van der Waals surface area contributed by atoms with Gasteiger partial charge in [-0.05, 0) is 18.1 Å². The Morgan fingerprint density at radius 2 is 2.14 bits per heavy atom. The Morgan fingerprint density at radius 1 is 1.43 bits per heavy atom. The molecular weight excluding hydrogens is 182 g/mol. The molecule has 0 aromatic heterocycles. The van der Waals surface area contributed by atoms with Gasteiger partial charge in [0.2, 0.25) is 5.91 Å². The molecule has 0 unspecified atom stereocenters. The number of hydrogen-bond acceptors (Lipinski definition) is 2. The smallest absolute Gasteiger partial charge is 0.316 e. The number of carboxylic acids is 1. The standard InChI is InChI=1S/C10H9NO3/c12-9-7(10(13)14)5-6-3-1-2-4-8(6)11-9/h1-4,7H,5H2,(H,11,12)(H,13,14)/t7-/m1/s1. The summed E-state index contributed by atoms with van der Waals surface area (Å²) in [6.07, 6.45) is 0.275. The van der Waals surface area contributed by atoms with Crippen LogP contribution in [0.5, 0.6) is 0 Å². The van der Waals surface area contributed by atoms with E-state index >= 15 is 0 Å². The molecule has 0 aliphatic carbocycles. The van der Waals surface area contributed by atoms with E-state index in [0.29, 0.717) is 0 Å². The minimum Gasteiger partial charge on any atom is -0.481 e. The number of anilines is 1. The van der Waals surface area contributed by atoms with E-state index in [0.717, 1.165) is 11.3 Å². The van der Waals surface area contributed by atoms with Gasteiger partial charge in [0.15, 0.2) is 0 Å². The van der Waals surface area contributed by atoms with Crippen LogP contribution in [0.15, 0.2) is 24.3 Å². The number of aliphatic carboxylic acids is 1. The summed E-state index contributed by atoms with van der Waals surface area (Å²) < 4.78 is 0. The van der Waals surface area contributed by atoms with E-state index in [-0.39, 0.29) is 6.42 Å². The average molecular weight is 191 g/mol. The number of nitrogens with one attached hydrogen (secondary N) is 1. The van der Waals surface area contributed by atoms with Crippen LogP contribution in [-0.2, 0) is 16.0 Å². The van der Waals surface area contributed by atoms with Crippen molar-refractivity contribution >= 4 is 17.6 Å². The Hall–Kier alpha value is -1.84. The van der Waals surface area contributed by atoms with Gasteiger partial charge in [0, 0.05) is 5.69 Å². The number of para-hydroxylation sites is 1. The van der Waals surface area contributed by atoms with Gasteiger partial charge in [-0.15, -0.1) is 0 Å². The molecule has 4 nitrogen and oxygen atoms in total. The van der Waals surface area contributed by atoms with Gasteiger partial charge in [-0.25, -0.2) is 0 Å². The number of carbonyl (C=O) groups is 2. The maximum atomic E-state index is 11.3. The summed E-state index contributed by atoms with van der Waals surface area (Å²) in [7, 11) is 0. The number of carboxylic acid groups (broad SMARTS) is 1. The third-order valence-electron chi connectivity index (χ3n) is 2.31. The van der Waals surface area contributed by atoms with Crippen molar-refractivity contribution in [3.05, 3.63) is 29.8 Å². The zero-order valence-corrected chi connectivity index (χ0v) is 7.36. The molecule has 1 heterocycles. The topological polar surface area (TPSA) is 66.4 Å². The van der Waals surface area contributed by atoms with Gasteiger partial charge in [-0.2, -0.15) is 0 Å². The second-order valence-electron chi connectivity index (χ2n) is 3.24. The molecule has 1 aliphatic heterocycles. The Balaban J connectivity index is 2.36. The van der Waals surface area contributed by atoms with Crippen LogP contribution in [0.1, 0.15) is 5.56 Å². The summed E-state index contributed by atoms with van der Waals surface area (Å²) in [5.74, 6) is -2.46. The van der Waals surface area contributed by atoms with Gasteiger partial charge in [-0.3, -0.25) is 9.59 Å². The van der Waals surface area contributed by atoms with E-state index in [2.05, 4.69) is 5.32 Å². The summed E-state index contributed by atoms with van der Waals surface area (Å²) in [5, 5.41) is 11.3. The van der Waals surface area contributed by atoms with Crippen LogP contribution >= 0.6 is 0 Å². The summed E-state index contributed by atoms with van der Waals surface area (Å²) in [5.41, 5.74) is 1.59. The second kappa shape index (κ2) is 3.14. The van der Waals surface area contributed by atoms with Crippen LogP contribution in [0.25, 0.3) is 0 Å². The van der Waals surface area contributed by atoms with E-state index in [9.17, 15) is 9.59 Å². The maximum Gasteiger partial charge on any atom is 0.316 e. The largest absolute Gasteiger partial charge is 0.481 e. The van der Waals surface area contributed by atoms with E-state index in [1.165, 1.54) is 0 Å². The fourth-order valence-corrected chi connectivity index (χ4v) is 1.55. The van der Waals surface area contributed by atoms with Crippen molar-refractivity contribution in [1.82, 2.24) is 0 Å². The SMILES string of the molecule is O=C(O)[C@@H]1Cc2ccccc2NC1=O. The minimum atomic E-state index is -1.07. The van der Waals surface area contributed by atoms with E-state index in [4.69, 9.17) is 5.11 Å². The zero-order chi connectivity index (χ0) is 10.1. The average Bonchev–Trinajstić information content (AvgIpc) is 2.16. The first-order valence-corrected chi connectivity index (χ1v) is 4.30. The third kappa shape index (κ3) is 1.35. The summed E-state index contributed by atoms with van der Waals surface area (Å²) in [6, 6.07) is 7.23. The highest BCUT2D eigenvalue weighted by Gasteiger charge is 2.31. The summed E-state index contributed by atoms with van der Waals surface area (Å²) in [4.78, 5) is 22.0. The maximum absolute atomic E-state index is 11.3. The Bertz CT molecular complexity index is 400. The lowest BCUT2D eigenvalue weighted by molar-refractivity contribution is -0.145. The molecule has 1 amide bonds. The van der Waals surface area contributed by atoms with Crippen LogP contribution in [0.3, 0.4) is 0 Å². The van der Waals surface area contributed by atoms with Crippen molar-refractivity contribution in [2.75, 3.05) is 5.32 Å². The first-order valence-electron chi connectivity index (χ1n) is 4.30. The van der Waals surface area contributed by atoms with Crippen LogP contribution in [0.2, 0.25) is 0 Å². The van der Waals surface area contributed by atoms with Crippen molar-refractivity contribution in [2.24, 2.45) is 5.92 Å². The van der Waals surface area contributed by atoms with Crippen LogP contribution in [-0.4, -0.2) is 17.0 Å². The predicted octanol–water partition coefficient (Wildman–Crippen LogP) is 0.882. The van der Waals surface area contributed by atoms with Crippen molar-refractivity contribution in [3.8, 4) is 0 Å². The molecule has 0 radical (unpaired) electrons. The summed E-state index contributed by atoms with van der Waals surface area (Å²) in [6.45, 7) is 0. The van der Waals surface area contributed by atoms with Gasteiger partial charge < -0.3 is 10.4 Å². The molecule has 1 aromatic rings. The normalized spacial score (nSPS) is 19.7. The molecule has 0 saturated carbocycles. The quantitative estimate of drug-likeness (QED) is 0.647. The molecule has 4 heteroatoms. The highest BCUT2D eigenvalue weighted by molar-refractivity contribution is 6.06. The number of hydrogen-bond donors (Lipinski definition) is 2. The van der Waals surface area contributed by atoms with Crippen molar-refractivity contribution in [3.63, 3.8) is 0 Å². The molecule has 14 heavy (non-hydrogen) atoms. The number of benzene rings is 1. The number of amides is 1. The molecule has 1 aliphatic rings. The first kappa shape index (κ1) is 8.74. The van der Waals surface area contributed by atoms with Crippen LogP contribution in [0.4, 0.5) is 5.69 Å². The van der Waals surface area contributed by atoms with Gasteiger partial charge in [0.1, 0.15) is 5.92 Å². The van der Waals surface area contributed by atoms with Crippen LogP contribution < -0.4 is 5.32 Å². The van der Waals surface area contributed by atoms with E-state index in [1.807, 2.05) is 12.1 Å². The van der Waals surface area contributed by atoms with Crippen molar-refractivity contribution < 1.29 is 14.7 Å². The first-order chi connectivity index (χ1) is 6.68. The zero-order valence-electron chi connectivity index (χ0n) is 7.36. The van der Waals surface area contributed by atoms with E-state index in [1.54, 1.807) is 12.1 Å². The molecule has 2 N–H and O–H groups in total. The van der Waals surface area contributed by atoms with E-state index < -0.39 is 17.8 Å². The minimum absolute atomic E-state index is 0.275. The molecule has 0 spiro atoms. The number of fused-ring (bicyclic) bond motifs is 1. The van der Waals surface area contributed by atoms with Gasteiger partial charge in [-0.1, -0.05) is 18.2 Å². The Labute approximate surface area is 80.6 Å². The predicted molar refractivity (Wildman–Crippen MR) is 49.9 cm³/mol. The van der Waals surface area contributed by atoms with Crippen molar-refractivity contribution in [1.29, 1.82) is 0 Å². The van der Waals surface area contributed by atoms with Gasteiger partial charge in [0.05, 0.1) is 0 Å². The van der Waals surface area contributed by atoms with Gasteiger partial charge >= 0.3 is 5.97 Å². The fourth-order valence-electron chi connectivity index (χ4n) is 1.55. The summed E-state index contributed by atoms with van der Waals surface area (Å²) >= 11 is 0. The molecule has 72 valence electrons. The Morgan fingerprint density at radius 3 is 2.86 bits per heavy atom. The molecular formula is C10H9NO3. The van der Waals surface area contributed by atoms with Crippen molar-refractivity contribution in [2.45, 2.75) is 6.42 Å². The molecule has 2 rings (SSSR count). The molecule has 0 bridgehead atoms. The molecule has 1 aromatic carbocycles. The lowest BCUT2D eigenvalue weighted by atomic mass is 9.93. The third-order valence-corrected chi connectivity index (χ3v) is 2.31. The molecule has 1 atom stereocenters. The second-order valence-corrected chi connectivity index (χ2v) is 3.24. The monoisotopic (exact) mass is 191 g/mol. The highest BCUT2D eigenvalue weighted by Crippen LogP contribution is 2.24. The number of rotatable bonds is 1. The Kier molecular flexibility index (Phi) is 1.96. The highest BCUT2D eigenvalue weighted by atomic mass is 16.4. The van der Waals surface area contributed by atoms with Crippen LogP contribution in [0, 0.1) is 5.92 Å². The lowest BCUT2D eigenvalue weighted by Crippen LogP contribution is -2.35. The fraction of sp³-hybridized carbons (Fsp3) is 0.200. The van der Waals surface area contributed by atoms with Gasteiger partial charge in [0.25, 0.3) is 0 Å². The molecule has 0 fully saturated rings. The lowest BCUT2D eigenvalue weighted by Gasteiger charge is -2.21. The number of carbonyl (C=O) groups excluding carboxylic acids is 1.